The van der Waals surface area contributed by atoms with Crippen molar-refractivity contribution in [1.29, 1.82) is 0 Å². The van der Waals surface area contributed by atoms with Crippen molar-refractivity contribution in [3.8, 4) is 17.2 Å². The minimum absolute atomic E-state index is 0.154. The molecule has 0 saturated carbocycles. The number of carbonyl (C=O) groups excluding carboxylic acids is 2. The van der Waals surface area contributed by atoms with Gasteiger partial charge in [0.05, 0.1) is 22.1 Å². The maximum absolute atomic E-state index is 13.1. The highest BCUT2D eigenvalue weighted by Crippen LogP contribution is 2.38. The van der Waals surface area contributed by atoms with E-state index < -0.39 is 0 Å². The van der Waals surface area contributed by atoms with Crippen LogP contribution in [-0.4, -0.2) is 36.3 Å². The molecule has 198 valence electrons. The van der Waals surface area contributed by atoms with Gasteiger partial charge in [-0.25, -0.2) is 0 Å². The van der Waals surface area contributed by atoms with Crippen LogP contribution >= 0.6 is 46.0 Å². The highest BCUT2D eigenvalue weighted by molar-refractivity contribution is 14.1. The van der Waals surface area contributed by atoms with Gasteiger partial charge in [0.15, 0.2) is 11.5 Å². The summed E-state index contributed by atoms with van der Waals surface area (Å²) in [5.41, 5.74) is 1.58. The van der Waals surface area contributed by atoms with Crippen molar-refractivity contribution in [3.05, 3.63) is 103 Å². The van der Waals surface area contributed by atoms with E-state index in [0.717, 1.165) is 37.2 Å². The monoisotopic (exact) mass is 671 g/mol. The van der Waals surface area contributed by atoms with E-state index in [9.17, 15) is 9.59 Å². The first-order valence-electron chi connectivity index (χ1n) is 12.0. The summed E-state index contributed by atoms with van der Waals surface area (Å²) in [4.78, 5) is 27.3. The number of ether oxygens (including phenoxy) is 3. The Morgan fingerprint density at radius 3 is 2.54 bits per heavy atom. The van der Waals surface area contributed by atoms with Crippen LogP contribution in [0, 0.1) is 3.57 Å². The maximum atomic E-state index is 13.1. The Bertz CT molecular complexity index is 1590. The van der Waals surface area contributed by atoms with Gasteiger partial charge in [0.2, 0.25) is 0 Å². The number of benzene rings is 4. The summed E-state index contributed by atoms with van der Waals surface area (Å²) < 4.78 is 18.3. The molecular formula is C30H23ClINO5S. The first kappa shape index (κ1) is 27.4. The molecule has 6 nitrogen and oxygen atoms in total. The lowest BCUT2D eigenvalue weighted by molar-refractivity contribution is -0.123. The van der Waals surface area contributed by atoms with Crippen molar-refractivity contribution in [3.63, 3.8) is 0 Å². The predicted molar refractivity (Wildman–Crippen MR) is 164 cm³/mol. The van der Waals surface area contributed by atoms with Gasteiger partial charge in [-0.2, -0.15) is 0 Å². The molecule has 0 aromatic heterocycles. The number of methoxy groups -OCH3 is 1. The van der Waals surface area contributed by atoms with Crippen LogP contribution in [0.1, 0.15) is 11.1 Å². The van der Waals surface area contributed by atoms with Gasteiger partial charge < -0.3 is 14.2 Å². The van der Waals surface area contributed by atoms with Crippen LogP contribution in [0.4, 0.5) is 4.79 Å². The fraction of sp³-hybridized carbons (Fsp3) is 0.133. The number of thioether (sulfide) groups is 1. The third-order valence-electron chi connectivity index (χ3n) is 6.08. The fourth-order valence-electron chi connectivity index (χ4n) is 4.14. The van der Waals surface area contributed by atoms with Crippen LogP contribution in [0.5, 0.6) is 17.2 Å². The second-order valence-corrected chi connectivity index (χ2v) is 11.1. The zero-order chi connectivity index (χ0) is 27.4. The zero-order valence-corrected chi connectivity index (χ0v) is 24.6. The fourth-order valence-corrected chi connectivity index (χ4v) is 5.98. The molecular weight excluding hydrogens is 649 g/mol. The lowest BCUT2D eigenvalue weighted by Crippen LogP contribution is -2.32. The molecule has 1 aliphatic rings. The number of hydrogen-bond donors (Lipinski definition) is 0. The molecule has 9 heteroatoms. The Morgan fingerprint density at radius 2 is 1.72 bits per heavy atom. The molecule has 0 aliphatic carbocycles. The van der Waals surface area contributed by atoms with Crippen LogP contribution in [0.25, 0.3) is 16.8 Å². The molecule has 0 N–H and O–H groups in total. The lowest BCUT2D eigenvalue weighted by Gasteiger charge is -2.15. The van der Waals surface area contributed by atoms with Gasteiger partial charge in [0, 0.05) is 16.0 Å². The number of rotatable bonds is 9. The Kier molecular flexibility index (Phi) is 8.64. The second kappa shape index (κ2) is 12.3. The molecule has 39 heavy (non-hydrogen) atoms. The first-order chi connectivity index (χ1) is 18.9. The molecule has 2 amide bonds. The summed E-state index contributed by atoms with van der Waals surface area (Å²) in [6.45, 7) is 0.633. The van der Waals surface area contributed by atoms with E-state index in [4.69, 9.17) is 25.8 Å². The number of hydrogen-bond acceptors (Lipinski definition) is 6. The topological polar surface area (TPSA) is 65.1 Å². The average Bonchev–Trinajstić information content (AvgIpc) is 3.20. The van der Waals surface area contributed by atoms with Crippen molar-refractivity contribution in [2.24, 2.45) is 0 Å². The molecule has 5 rings (SSSR count). The Morgan fingerprint density at radius 1 is 0.949 bits per heavy atom. The number of carbonyl (C=O) groups is 2. The summed E-state index contributed by atoms with van der Waals surface area (Å²) >= 11 is 9.33. The molecule has 0 unspecified atom stereocenters. The third-order valence-corrected chi connectivity index (χ3v) is 8.15. The number of nitrogens with zero attached hydrogens (tertiary/aromatic N) is 1. The quantitative estimate of drug-likeness (QED) is 0.134. The third kappa shape index (κ3) is 6.18. The van der Waals surface area contributed by atoms with Crippen molar-refractivity contribution in [2.45, 2.75) is 6.61 Å². The predicted octanol–water partition coefficient (Wildman–Crippen LogP) is 7.80. The Hall–Kier alpha value is -3.21. The first-order valence-corrected chi connectivity index (χ1v) is 14.3. The van der Waals surface area contributed by atoms with Gasteiger partial charge in [-0.3, -0.25) is 14.5 Å². The zero-order valence-electron chi connectivity index (χ0n) is 20.9. The summed E-state index contributed by atoms with van der Waals surface area (Å²) in [7, 11) is 1.56. The standard InChI is InChI=1S/C30H23ClINO5S/c1-36-26-16-19(15-24(32)28(26)38-18-21-8-3-5-11-23(21)31)17-27-29(34)33(30(35)39-27)13-14-37-25-12-6-9-20-7-2-4-10-22(20)25/h2-12,15-17H,13-14,18H2,1H3/b27-17-. The number of fused-ring (bicyclic) bond motifs is 1. The smallest absolute Gasteiger partial charge is 0.293 e. The molecule has 0 bridgehead atoms. The van der Waals surface area contributed by atoms with Crippen LogP contribution in [-0.2, 0) is 11.4 Å². The normalized spacial score (nSPS) is 14.3. The van der Waals surface area contributed by atoms with Crippen molar-refractivity contribution < 1.29 is 23.8 Å². The van der Waals surface area contributed by atoms with E-state index in [2.05, 4.69) is 22.6 Å². The molecule has 4 aromatic carbocycles. The van der Waals surface area contributed by atoms with E-state index >= 15 is 0 Å². The molecule has 0 radical (unpaired) electrons. The molecule has 0 spiro atoms. The molecule has 0 atom stereocenters. The number of halogens is 2. The van der Waals surface area contributed by atoms with Gasteiger partial charge in [0.1, 0.15) is 19.0 Å². The number of amides is 2. The molecule has 1 heterocycles. The van der Waals surface area contributed by atoms with Crippen LogP contribution in [0.2, 0.25) is 5.02 Å². The minimum Gasteiger partial charge on any atom is -0.493 e. The maximum Gasteiger partial charge on any atom is 0.293 e. The lowest BCUT2D eigenvalue weighted by atomic mass is 10.1. The van der Waals surface area contributed by atoms with Crippen molar-refractivity contribution in [2.75, 3.05) is 20.3 Å². The summed E-state index contributed by atoms with van der Waals surface area (Å²) in [6.07, 6.45) is 1.69. The van der Waals surface area contributed by atoms with Gasteiger partial charge >= 0.3 is 0 Å². The highest BCUT2D eigenvalue weighted by Gasteiger charge is 2.35. The average molecular weight is 672 g/mol. The van der Waals surface area contributed by atoms with Crippen molar-refractivity contribution >= 4 is 73.9 Å². The van der Waals surface area contributed by atoms with Gasteiger partial charge in [-0.15, -0.1) is 0 Å². The largest absolute Gasteiger partial charge is 0.493 e. The van der Waals surface area contributed by atoms with E-state index in [1.54, 1.807) is 19.3 Å². The molecule has 4 aromatic rings. The minimum atomic E-state index is -0.348. The molecule has 1 aliphatic heterocycles. The molecule has 1 fully saturated rings. The van der Waals surface area contributed by atoms with Gasteiger partial charge in [0.25, 0.3) is 11.1 Å². The summed E-state index contributed by atoms with van der Waals surface area (Å²) in [6, 6.07) is 24.9. The van der Waals surface area contributed by atoms with E-state index in [1.165, 1.54) is 4.90 Å². The van der Waals surface area contributed by atoms with Crippen LogP contribution < -0.4 is 14.2 Å². The van der Waals surface area contributed by atoms with E-state index in [1.807, 2.05) is 72.8 Å². The van der Waals surface area contributed by atoms with Gasteiger partial charge in [-0.05, 0) is 75.6 Å². The van der Waals surface area contributed by atoms with E-state index in [0.29, 0.717) is 27.2 Å². The van der Waals surface area contributed by atoms with E-state index in [-0.39, 0.29) is 30.9 Å². The van der Waals surface area contributed by atoms with Gasteiger partial charge in [-0.1, -0.05) is 66.2 Å². The summed E-state index contributed by atoms with van der Waals surface area (Å²) in [5.74, 6) is 1.46. The Labute approximate surface area is 249 Å². The molecule has 1 saturated heterocycles. The highest BCUT2D eigenvalue weighted by atomic mass is 127. The number of imide groups is 1. The van der Waals surface area contributed by atoms with Crippen LogP contribution in [0.3, 0.4) is 0 Å². The Balaban J connectivity index is 1.27. The van der Waals surface area contributed by atoms with Crippen LogP contribution in [0.15, 0.2) is 83.8 Å². The second-order valence-electron chi connectivity index (χ2n) is 8.57. The van der Waals surface area contributed by atoms with Crippen molar-refractivity contribution in [1.82, 2.24) is 4.90 Å². The summed E-state index contributed by atoms with van der Waals surface area (Å²) in [5, 5.41) is 2.35. The SMILES string of the molecule is COc1cc(/C=C2\SC(=O)N(CCOc3cccc4ccccc34)C2=O)cc(I)c1OCc1ccccc1Cl.